The maximum Gasteiger partial charge on any atom is 0.338 e. The first-order valence-electron chi connectivity index (χ1n) is 8.72. The van der Waals surface area contributed by atoms with Crippen LogP contribution in [0.25, 0.3) is 0 Å². The van der Waals surface area contributed by atoms with Gasteiger partial charge in [0, 0.05) is 18.7 Å². The fourth-order valence-corrected chi connectivity index (χ4v) is 2.35. The minimum atomic E-state index is -0.490. The molecule has 7 heteroatoms. The number of nitro groups is 1. The second-order valence-electron chi connectivity index (χ2n) is 5.84. The Kier molecular flexibility index (Phi) is 12.7. The Morgan fingerprint density at radius 2 is 1.56 bits per heavy atom. The van der Waals surface area contributed by atoms with Crippen molar-refractivity contribution in [2.24, 2.45) is 0 Å². The number of carbonyl (C=O) groups excluding carboxylic acids is 1. The van der Waals surface area contributed by atoms with Crippen LogP contribution in [-0.2, 0) is 4.74 Å². The van der Waals surface area contributed by atoms with Crippen molar-refractivity contribution in [1.29, 1.82) is 0 Å². The molecule has 0 N–H and O–H groups in total. The van der Waals surface area contributed by atoms with Crippen LogP contribution in [0.15, 0.2) is 24.3 Å². The SMILES string of the molecule is CCCCN(CCCC)CCCOC(=O)c1ccc([N+](=O)[O-])cc1.Cl. The molecule has 0 saturated carbocycles. The van der Waals surface area contributed by atoms with E-state index < -0.39 is 10.9 Å². The number of unbranched alkanes of at least 4 members (excludes halogenated alkanes) is 2. The number of ether oxygens (including phenoxy) is 1. The molecule has 0 amide bonds. The van der Waals surface area contributed by atoms with Crippen molar-refractivity contribution in [3.8, 4) is 0 Å². The van der Waals surface area contributed by atoms with Crippen molar-refractivity contribution in [1.82, 2.24) is 4.90 Å². The Hall–Kier alpha value is -1.66. The maximum absolute atomic E-state index is 11.9. The summed E-state index contributed by atoms with van der Waals surface area (Å²) in [5, 5.41) is 10.6. The summed E-state index contributed by atoms with van der Waals surface area (Å²) in [5.41, 5.74) is 0.309. The van der Waals surface area contributed by atoms with E-state index in [0.29, 0.717) is 12.2 Å². The quantitative estimate of drug-likeness (QED) is 0.234. The molecule has 1 aromatic rings. The van der Waals surface area contributed by atoms with Gasteiger partial charge in [-0.15, -0.1) is 12.4 Å². The molecule has 0 bridgehead atoms. The number of esters is 1. The molecule has 6 nitrogen and oxygen atoms in total. The van der Waals surface area contributed by atoms with Gasteiger partial charge in [-0.1, -0.05) is 26.7 Å². The topological polar surface area (TPSA) is 72.7 Å². The highest BCUT2D eigenvalue weighted by Gasteiger charge is 2.11. The van der Waals surface area contributed by atoms with Crippen molar-refractivity contribution >= 4 is 24.1 Å². The third kappa shape index (κ3) is 9.41. The highest BCUT2D eigenvalue weighted by atomic mass is 35.5. The molecule has 0 fully saturated rings. The van der Waals surface area contributed by atoms with Crippen LogP contribution in [0.3, 0.4) is 0 Å². The van der Waals surface area contributed by atoms with Crippen LogP contribution in [-0.4, -0.2) is 42.0 Å². The molecule has 0 heterocycles. The predicted octanol–water partition coefficient (Wildman–Crippen LogP) is 4.47. The molecule has 0 radical (unpaired) electrons. The fraction of sp³-hybridized carbons (Fsp3) is 0.611. The van der Waals surface area contributed by atoms with E-state index >= 15 is 0 Å². The lowest BCUT2D eigenvalue weighted by Crippen LogP contribution is -2.28. The van der Waals surface area contributed by atoms with Gasteiger partial charge in [0.25, 0.3) is 5.69 Å². The molecular weight excluding hydrogens is 344 g/mol. The van der Waals surface area contributed by atoms with E-state index in [0.717, 1.165) is 26.1 Å². The summed E-state index contributed by atoms with van der Waals surface area (Å²) >= 11 is 0. The van der Waals surface area contributed by atoms with Gasteiger partial charge in [-0.2, -0.15) is 0 Å². The summed E-state index contributed by atoms with van der Waals surface area (Å²) in [6, 6.07) is 5.48. The monoisotopic (exact) mass is 372 g/mol. The number of nitrogens with zero attached hydrogens (tertiary/aromatic N) is 2. The zero-order chi connectivity index (χ0) is 17.8. The minimum absolute atomic E-state index is 0. The zero-order valence-electron chi connectivity index (χ0n) is 15.1. The van der Waals surface area contributed by atoms with E-state index in [9.17, 15) is 14.9 Å². The van der Waals surface area contributed by atoms with Crippen LogP contribution in [0.1, 0.15) is 56.3 Å². The molecule has 0 aliphatic heterocycles. The maximum atomic E-state index is 11.9. The Bertz CT molecular complexity index is 500. The Labute approximate surface area is 156 Å². The first-order chi connectivity index (χ1) is 11.6. The molecule has 0 spiro atoms. The van der Waals surface area contributed by atoms with E-state index in [1.54, 1.807) is 0 Å². The molecule has 0 aliphatic rings. The lowest BCUT2D eigenvalue weighted by atomic mass is 10.2. The van der Waals surface area contributed by atoms with Gasteiger partial charge in [0.2, 0.25) is 0 Å². The molecule has 0 aliphatic carbocycles. The van der Waals surface area contributed by atoms with E-state index in [2.05, 4.69) is 18.7 Å². The third-order valence-electron chi connectivity index (χ3n) is 3.82. The van der Waals surface area contributed by atoms with Gasteiger partial charge in [0.1, 0.15) is 0 Å². The van der Waals surface area contributed by atoms with E-state index in [1.807, 2.05) is 0 Å². The number of rotatable bonds is 12. The first kappa shape index (κ1) is 23.3. The van der Waals surface area contributed by atoms with Gasteiger partial charge in [-0.3, -0.25) is 10.1 Å². The van der Waals surface area contributed by atoms with Crippen molar-refractivity contribution < 1.29 is 14.5 Å². The minimum Gasteiger partial charge on any atom is -0.462 e. The van der Waals surface area contributed by atoms with Gasteiger partial charge in [0.05, 0.1) is 17.1 Å². The number of hydrogen-bond donors (Lipinski definition) is 0. The largest absolute Gasteiger partial charge is 0.462 e. The van der Waals surface area contributed by atoms with Crippen LogP contribution < -0.4 is 0 Å². The van der Waals surface area contributed by atoms with E-state index in [4.69, 9.17) is 4.74 Å². The van der Waals surface area contributed by atoms with Crippen molar-refractivity contribution in [2.75, 3.05) is 26.2 Å². The second-order valence-corrected chi connectivity index (χ2v) is 5.84. The predicted molar refractivity (Wildman–Crippen MR) is 101 cm³/mol. The van der Waals surface area contributed by atoms with Gasteiger partial charge in [0.15, 0.2) is 0 Å². The van der Waals surface area contributed by atoms with Gasteiger partial charge in [-0.25, -0.2) is 4.79 Å². The van der Waals surface area contributed by atoms with Crippen molar-refractivity contribution in [2.45, 2.75) is 46.0 Å². The summed E-state index contributed by atoms with van der Waals surface area (Å²) in [7, 11) is 0. The first-order valence-corrected chi connectivity index (χ1v) is 8.72. The zero-order valence-corrected chi connectivity index (χ0v) is 15.9. The normalized spacial score (nSPS) is 10.4. The molecule has 0 saturated heterocycles. The number of non-ortho nitro benzene ring substituents is 1. The van der Waals surface area contributed by atoms with E-state index in [-0.39, 0.29) is 18.1 Å². The summed E-state index contributed by atoms with van der Waals surface area (Å²) < 4.78 is 5.25. The summed E-state index contributed by atoms with van der Waals surface area (Å²) in [4.78, 5) is 24.4. The summed E-state index contributed by atoms with van der Waals surface area (Å²) in [6.07, 6.45) is 5.53. The van der Waals surface area contributed by atoms with Crippen LogP contribution in [0.4, 0.5) is 5.69 Å². The highest BCUT2D eigenvalue weighted by molar-refractivity contribution is 5.89. The van der Waals surface area contributed by atoms with Crippen LogP contribution in [0.2, 0.25) is 0 Å². The molecule has 0 atom stereocenters. The Morgan fingerprint density at radius 3 is 2.04 bits per heavy atom. The highest BCUT2D eigenvalue weighted by Crippen LogP contribution is 2.12. The molecular formula is C18H29ClN2O4. The lowest BCUT2D eigenvalue weighted by molar-refractivity contribution is -0.384. The van der Waals surface area contributed by atoms with Crippen LogP contribution >= 0.6 is 12.4 Å². The van der Waals surface area contributed by atoms with Gasteiger partial charge >= 0.3 is 5.97 Å². The average molecular weight is 373 g/mol. The summed E-state index contributed by atoms with van der Waals surface area (Å²) in [5.74, 6) is -0.432. The third-order valence-corrected chi connectivity index (χ3v) is 3.82. The standard InChI is InChI=1S/C18H28N2O4.ClH/c1-3-5-12-19(13-6-4-2)14-7-15-24-18(21)16-8-10-17(11-9-16)20(22)23;/h8-11H,3-7,12-15H2,1-2H3;1H. The second kappa shape index (κ2) is 13.6. The number of hydrogen-bond acceptors (Lipinski definition) is 5. The van der Waals surface area contributed by atoms with Crippen LogP contribution in [0.5, 0.6) is 0 Å². The lowest BCUT2D eigenvalue weighted by Gasteiger charge is -2.21. The van der Waals surface area contributed by atoms with E-state index in [1.165, 1.54) is 49.9 Å². The van der Waals surface area contributed by atoms with Gasteiger partial charge in [-0.05, 0) is 44.5 Å². The molecule has 1 aromatic carbocycles. The molecule has 142 valence electrons. The number of benzene rings is 1. The Balaban J connectivity index is 0.00000576. The number of nitro benzene ring substituents is 1. The molecule has 0 aromatic heterocycles. The van der Waals surface area contributed by atoms with Crippen molar-refractivity contribution in [3.63, 3.8) is 0 Å². The smallest absolute Gasteiger partial charge is 0.338 e. The number of halogens is 1. The summed E-state index contributed by atoms with van der Waals surface area (Å²) in [6.45, 7) is 7.84. The van der Waals surface area contributed by atoms with Gasteiger partial charge < -0.3 is 9.64 Å². The van der Waals surface area contributed by atoms with Crippen molar-refractivity contribution in [3.05, 3.63) is 39.9 Å². The fourth-order valence-electron chi connectivity index (χ4n) is 2.35. The number of carbonyl (C=O) groups is 1. The van der Waals surface area contributed by atoms with Crippen LogP contribution in [0, 0.1) is 10.1 Å². The molecule has 0 unspecified atom stereocenters. The molecule has 25 heavy (non-hydrogen) atoms. The molecule has 1 rings (SSSR count). The average Bonchev–Trinajstić information content (AvgIpc) is 2.60. The Morgan fingerprint density at radius 1 is 1.04 bits per heavy atom.